The first kappa shape index (κ1) is 20.4. The number of alkyl carbamates (subject to hydrolysis) is 1. The normalized spacial score (nSPS) is 12.6. The SMILES string of the molecule is COC(=O)C(N)CCCC(NC(=O)OCc1ccccc1)C(=O)OC. The van der Waals surface area contributed by atoms with E-state index in [2.05, 4.69) is 14.8 Å². The van der Waals surface area contributed by atoms with Gasteiger partial charge in [0.1, 0.15) is 18.7 Å². The van der Waals surface area contributed by atoms with Crippen LogP contribution in [0.2, 0.25) is 0 Å². The van der Waals surface area contributed by atoms with Gasteiger partial charge in [-0.05, 0) is 24.8 Å². The number of rotatable bonds is 9. The summed E-state index contributed by atoms with van der Waals surface area (Å²) < 4.78 is 14.3. The Bertz CT molecular complexity index is 564. The molecule has 2 atom stereocenters. The van der Waals surface area contributed by atoms with Crippen LogP contribution in [0.5, 0.6) is 0 Å². The maximum Gasteiger partial charge on any atom is 0.408 e. The van der Waals surface area contributed by atoms with Crippen molar-refractivity contribution in [2.24, 2.45) is 5.73 Å². The molecule has 2 unspecified atom stereocenters. The number of hydrogen-bond donors (Lipinski definition) is 2. The fourth-order valence-electron chi connectivity index (χ4n) is 2.11. The summed E-state index contributed by atoms with van der Waals surface area (Å²) in [6.45, 7) is 0.0911. The average Bonchev–Trinajstić information content (AvgIpc) is 2.64. The van der Waals surface area contributed by atoms with E-state index in [1.165, 1.54) is 14.2 Å². The summed E-state index contributed by atoms with van der Waals surface area (Å²) in [6, 6.07) is 7.51. The number of esters is 2. The fourth-order valence-corrected chi connectivity index (χ4v) is 2.11. The number of nitrogens with two attached hydrogens (primary N) is 1. The van der Waals surface area contributed by atoms with Crippen LogP contribution in [0.15, 0.2) is 30.3 Å². The number of hydrogen-bond acceptors (Lipinski definition) is 7. The third kappa shape index (κ3) is 7.67. The minimum absolute atomic E-state index is 0.0911. The summed E-state index contributed by atoms with van der Waals surface area (Å²) in [5.74, 6) is -1.12. The summed E-state index contributed by atoms with van der Waals surface area (Å²) in [7, 11) is 2.48. The Morgan fingerprint density at radius 3 is 2.28 bits per heavy atom. The quantitative estimate of drug-likeness (QED) is 0.505. The maximum atomic E-state index is 11.9. The molecule has 138 valence electrons. The molecule has 0 saturated heterocycles. The minimum atomic E-state index is -0.877. The Hall–Kier alpha value is -2.61. The molecule has 0 aromatic heterocycles. The van der Waals surface area contributed by atoms with E-state index in [0.29, 0.717) is 12.8 Å². The number of ether oxygens (including phenoxy) is 3. The third-order valence-electron chi connectivity index (χ3n) is 3.50. The molecule has 0 aliphatic rings. The molecule has 1 aromatic carbocycles. The van der Waals surface area contributed by atoms with Crippen molar-refractivity contribution in [2.45, 2.75) is 38.0 Å². The molecule has 3 N–H and O–H groups in total. The van der Waals surface area contributed by atoms with Crippen LogP contribution in [-0.2, 0) is 30.4 Å². The molecule has 0 aliphatic carbocycles. The van der Waals surface area contributed by atoms with Gasteiger partial charge in [-0.25, -0.2) is 9.59 Å². The fraction of sp³-hybridized carbons (Fsp3) is 0.471. The van der Waals surface area contributed by atoms with Crippen LogP contribution in [0.25, 0.3) is 0 Å². The van der Waals surface area contributed by atoms with E-state index in [-0.39, 0.29) is 13.0 Å². The molecular weight excluding hydrogens is 328 g/mol. The highest BCUT2D eigenvalue weighted by atomic mass is 16.6. The van der Waals surface area contributed by atoms with Gasteiger partial charge in [0.25, 0.3) is 0 Å². The molecule has 0 fully saturated rings. The van der Waals surface area contributed by atoms with Crippen molar-refractivity contribution in [3.63, 3.8) is 0 Å². The largest absolute Gasteiger partial charge is 0.468 e. The molecule has 0 heterocycles. The van der Waals surface area contributed by atoms with Crippen molar-refractivity contribution >= 4 is 18.0 Å². The second-order valence-corrected chi connectivity index (χ2v) is 5.34. The van der Waals surface area contributed by atoms with Crippen molar-refractivity contribution in [1.29, 1.82) is 0 Å². The highest BCUT2D eigenvalue weighted by Crippen LogP contribution is 2.07. The van der Waals surface area contributed by atoms with E-state index in [1.807, 2.05) is 30.3 Å². The predicted octanol–water partition coefficient (Wildman–Crippen LogP) is 1.12. The van der Waals surface area contributed by atoms with Gasteiger partial charge in [-0.2, -0.15) is 0 Å². The van der Waals surface area contributed by atoms with Crippen LogP contribution < -0.4 is 11.1 Å². The van der Waals surface area contributed by atoms with Crippen molar-refractivity contribution in [3.8, 4) is 0 Å². The molecule has 0 bridgehead atoms. The zero-order valence-corrected chi connectivity index (χ0v) is 14.4. The van der Waals surface area contributed by atoms with Crippen LogP contribution in [0.1, 0.15) is 24.8 Å². The van der Waals surface area contributed by atoms with Gasteiger partial charge in [-0.3, -0.25) is 4.79 Å². The van der Waals surface area contributed by atoms with Gasteiger partial charge in [0.05, 0.1) is 14.2 Å². The monoisotopic (exact) mass is 352 g/mol. The molecule has 8 nitrogen and oxygen atoms in total. The molecular formula is C17H24N2O6. The highest BCUT2D eigenvalue weighted by Gasteiger charge is 2.23. The predicted molar refractivity (Wildman–Crippen MR) is 89.4 cm³/mol. The molecule has 1 aromatic rings. The van der Waals surface area contributed by atoms with Gasteiger partial charge in [-0.15, -0.1) is 0 Å². The Labute approximate surface area is 146 Å². The molecule has 0 radical (unpaired) electrons. The van der Waals surface area contributed by atoms with Gasteiger partial charge >= 0.3 is 18.0 Å². The summed E-state index contributed by atoms with van der Waals surface area (Å²) in [4.78, 5) is 34.9. The summed E-state index contributed by atoms with van der Waals surface area (Å²) in [5, 5.41) is 2.46. The van der Waals surface area contributed by atoms with Crippen molar-refractivity contribution in [2.75, 3.05) is 14.2 Å². The average molecular weight is 352 g/mol. The van der Waals surface area contributed by atoms with Crippen LogP contribution in [0.3, 0.4) is 0 Å². The van der Waals surface area contributed by atoms with Crippen LogP contribution >= 0.6 is 0 Å². The zero-order chi connectivity index (χ0) is 18.7. The standard InChI is InChI=1S/C17H24N2O6/c1-23-15(20)13(18)9-6-10-14(16(21)24-2)19-17(22)25-11-12-7-4-3-5-8-12/h3-5,7-8,13-14H,6,9-11,18H2,1-2H3,(H,19,22). The number of amides is 1. The van der Waals surface area contributed by atoms with Gasteiger partial charge in [0.15, 0.2) is 0 Å². The van der Waals surface area contributed by atoms with E-state index in [0.717, 1.165) is 5.56 Å². The van der Waals surface area contributed by atoms with Gasteiger partial charge in [-0.1, -0.05) is 30.3 Å². The zero-order valence-electron chi connectivity index (χ0n) is 14.4. The molecule has 0 spiro atoms. The topological polar surface area (TPSA) is 117 Å². The van der Waals surface area contributed by atoms with Crippen LogP contribution in [0, 0.1) is 0 Å². The molecule has 1 amide bonds. The third-order valence-corrected chi connectivity index (χ3v) is 3.50. The maximum absolute atomic E-state index is 11.9. The number of carbonyl (C=O) groups is 3. The van der Waals surface area contributed by atoms with Gasteiger partial charge in [0.2, 0.25) is 0 Å². The van der Waals surface area contributed by atoms with Gasteiger partial charge in [0, 0.05) is 0 Å². The van der Waals surface area contributed by atoms with E-state index in [1.54, 1.807) is 0 Å². The molecule has 8 heteroatoms. The summed E-state index contributed by atoms with van der Waals surface area (Å²) in [5.41, 5.74) is 6.46. The lowest BCUT2D eigenvalue weighted by Crippen LogP contribution is -2.42. The second-order valence-electron chi connectivity index (χ2n) is 5.34. The first-order valence-corrected chi connectivity index (χ1v) is 7.86. The molecule has 25 heavy (non-hydrogen) atoms. The van der Waals surface area contributed by atoms with E-state index < -0.39 is 30.1 Å². The Morgan fingerprint density at radius 2 is 1.68 bits per heavy atom. The Kier molecular flexibility index (Phi) is 9.02. The first-order chi connectivity index (χ1) is 12.0. The minimum Gasteiger partial charge on any atom is -0.468 e. The van der Waals surface area contributed by atoms with E-state index in [9.17, 15) is 14.4 Å². The molecule has 0 saturated carbocycles. The van der Waals surface area contributed by atoms with Crippen LogP contribution in [-0.4, -0.2) is 44.3 Å². The second kappa shape index (κ2) is 11.0. The Balaban J connectivity index is 2.45. The molecule has 0 aliphatic heterocycles. The van der Waals surface area contributed by atoms with E-state index >= 15 is 0 Å². The van der Waals surface area contributed by atoms with Crippen molar-refractivity contribution in [3.05, 3.63) is 35.9 Å². The lowest BCUT2D eigenvalue weighted by atomic mass is 10.1. The van der Waals surface area contributed by atoms with Crippen molar-refractivity contribution < 1.29 is 28.6 Å². The molecule has 1 rings (SSSR count). The number of benzene rings is 1. The highest BCUT2D eigenvalue weighted by molar-refractivity contribution is 5.81. The Morgan fingerprint density at radius 1 is 1.04 bits per heavy atom. The number of methoxy groups -OCH3 is 2. The number of carbonyl (C=O) groups excluding carboxylic acids is 3. The lowest BCUT2D eigenvalue weighted by Gasteiger charge is -2.17. The smallest absolute Gasteiger partial charge is 0.408 e. The van der Waals surface area contributed by atoms with Crippen molar-refractivity contribution in [1.82, 2.24) is 5.32 Å². The first-order valence-electron chi connectivity index (χ1n) is 7.86. The summed E-state index contributed by atoms with van der Waals surface area (Å²) in [6.07, 6.45) is 0.282. The van der Waals surface area contributed by atoms with Gasteiger partial charge < -0.3 is 25.3 Å². The van der Waals surface area contributed by atoms with Crippen LogP contribution in [0.4, 0.5) is 4.79 Å². The lowest BCUT2D eigenvalue weighted by molar-refractivity contribution is -0.143. The number of nitrogens with one attached hydrogen (secondary N) is 1. The van der Waals surface area contributed by atoms with E-state index in [4.69, 9.17) is 10.5 Å². The summed E-state index contributed by atoms with van der Waals surface area (Å²) >= 11 is 0.